The van der Waals surface area contributed by atoms with Crippen molar-refractivity contribution in [1.82, 2.24) is 10.3 Å². The number of aryl methyl sites for hydroxylation is 1. The predicted molar refractivity (Wildman–Crippen MR) is 137 cm³/mol. The van der Waals surface area contributed by atoms with Crippen LogP contribution in [0.25, 0.3) is 0 Å². The lowest BCUT2D eigenvalue weighted by Crippen LogP contribution is -2.72. The van der Waals surface area contributed by atoms with E-state index in [1.807, 2.05) is 38.3 Å². The van der Waals surface area contributed by atoms with Crippen molar-refractivity contribution in [3.63, 3.8) is 0 Å². The zero-order valence-electron chi connectivity index (χ0n) is 20.9. The quantitative estimate of drug-likeness (QED) is 0.413. The molecule has 0 amide bonds. The summed E-state index contributed by atoms with van der Waals surface area (Å²) in [5.41, 5.74) is 3.78. The number of rotatable bonds is 9. The molecule has 7 nitrogen and oxygen atoms in total. The van der Waals surface area contributed by atoms with Crippen LogP contribution in [0.3, 0.4) is 0 Å². The maximum atomic E-state index is 13.1. The third-order valence-electron chi connectivity index (χ3n) is 7.15. The Kier molecular flexibility index (Phi) is 6.97. The number of nitrogens with zero attached hydrogens (tertiary/aromatic N) is 2. The van der Waals surface area contributed by atoms with Gasteiger partial charge in [-0.05, 0) is 67.9 Å². The molecule has 3 fully saturated rings. The molecule has 0 radical (unpaired) electrons. The van der Waals surface area contributed by atoms with Gasteiger partial charge in [0, 0.05) is 10.6 Å². The van der Waals surface area contributed by atoms with Gasteiger partial charge in [-0.15, -0.1) is 11.8 Å². The van der Waals surface area contributed by atoms with Crippen LogP contribution in [0.2, 0.25) is 0 Å². The summed E-state index contributed by atoms with van der Waals surface area (Å²) in [5.74, 6) is -0.701. The highest BCUT2D eigenvalue weighted by Gasteiger charge is 2.70. The smallest absolute Gasteiger partial charge is 0.416 e. The topological polar surface area (TPSA) is 74.3 Å². The van der Waals surface area contributed by atoms with E-state index in [2.05, 4.69) is 22.5 Å². The van der Waals surface area contributed by atoms with Gasteiger partial charge in [-0.1, -0.05) is 31.2 Å². The van der Waals surface area contributed by atoms with E-state index in [0.29, 0.717) is 30.0 Å². The number of aliphatic carboxylic acids is 1. The van der Waals surface area contributed by atoms with E-state index in [1.54, 1.807) is 22.8 Å². The summed E-state index contributed by atoms with van der Waals surface area (Å²) in [5, 5.41) is 10.7. The van der Waals surface area contributed by atoms with Crippen LogP contribution < -0.4 is 15.2 Å². The van der Waals surface area contributed by atoms with Crippen LogP contribution in [0.1, 0.15) is 24.5 Å². The highest BCUT2D eigenvalue weighted by atomic mass is 32.2. The summed E-state index contributed by atoms with van der Waals surface area (Å²) in [4.78, 5) is 14.0. The molecule has 6 rings (SSSR count). The number of anilines is 1. The van der Waals surface area contributed by atoms with E-state index in [9.17, 15) is 18.0 Å². The van der Waals surface area contributed by atoms with Gasteiger partial charge in [-0.3, -0.25) is 5.01 Å². The van der Waals surface area contributed by atoms with E-state index >= 15 is 0 Å². The molecule has 202 valence electrons. The van der Waals surface area contributed by atoms with Crippen LogP contribution in [0.5, 0.6) is 5.75 Å². The Hall–Kier alpha value is -2.99. The average molecular weight is 548 g/mol. The van der Waals surface area contributed by atoms with Crippen molar-refractivity contribution in [2.45, 2.75) is 43.0 Å². The van der Waals surface area contributed by atoms with Crippen molar-refractivity contribution in [3.05, 3.63) is 77.9 Å². The summed E-state index contributed by atoms with van der Waals surface area (Å²) in [6.07, 6.45) is 4.73. The first-order valence-electron chi connectivity index (χ1n) is 12.2. The van der Waals surface area contributed by atoms with Gasteiger partial charge < -0.3 is 14.6 Å². The molecule has 2 N–H and O–H groups in total. The van der Waals surface area contributed by atoms with Crippen molar-refractivity contribution in [3.8, 4) is 5.75 Å². The molecule has 3 saturated heterocycles. The molecule has 11 heteroatoms. The molecule has 2 aromatic rings. The minimum Gasteiger partial charge on any atom is -0.482 e. The summed E-state index contributed by atoms with van der Waals surface area (Å²) >= 11 is 1.66. The first kappa shape index (κ1) is 26.6. The fourth-order valence-electron chi connectivity index (χ4n) is 5.09. The lowest BCUT2D eigenvalue weighted by atomic mass is 9.76. The number of hydrogen-bond donors (Lipinski definition) is 2. The number of benzene rings is 2. The number of hydrazine groups is 1. The van der Waals surface area contributed by atoms with Gasteiger partial charge in [0.15, 0.2) is 6.61 Å². The maximum absolute atomic E-state index is 13.1. The highest BCUT2D eigenvalue weighted by molar-refractivity contribution is 7.99. The first-order valence-corrected chi connectivity index (χ1v) is 13.2. The van der Waals surface area contributed by atoms with Gasteiger partial charge in [0.25, 0.3) is 0 Å². The highest BCUT2D eigenvalue weighted by Crippen LogP contribution is 2.55. The Morgan fingerprint density at radius 3 is 2.61 bits per heavy atom. The van der Waals surface area contributed by atoms with Gasteiger partial charge in [-0.2, -0.15) is 18.6 Å². The van der Waals surface area contributed by atoms with Crippen molar-refractivity contribution in [2.75, 3.05) is 24.4 Å². The number of carboxylic acids is 1. The Labute approximate surface area is 222 Å². The average Bonchev–Trinajstić information content (AvgIpc) is 3.47. The number of hydrogen-bond acceptors (Lipinski definition) is 7. The zero-order chi connectivity index (χ0) is 27.1. The molecule has 0 spiro atoms. The van der Waals surface area contributed by atoms with E-state index in [-0.39, 0.29) is 0 Å². The Morgan fingerprint density at radius 2 is 2.00 bits per heavy atom. The molecule has 0 aromatic heterocycles. The predicted octanol–water partition coefficient (Wildman–Crippen LogP) is 5.25. The maximum Gasteiger partial charge on any atom is 0.416 e. The third-order valence-corrected chi connectivity index (χ3v) is 8.40. The zero-order valence-corrected chi connectivity index (χ0v) is 21.7. The Bertz CT molecular complexity index is 1270. The minimum absolute atomic E-state index is 0.395. The Morgan fingerprint density at radius 1 is 1.24 bits per heavy atom. The molecule has 4 aliphatic rings. The van der Waals surface area contributed by atoms with Crippen molar-refractivity contribution < 1.29 is 32.5 Å². The van der Waals surface area contributed by atoms with Crippen LogP contribution in [-0.2, 0) is 22.1 Å². The number of fused-ring (bicyclic) bond motifs is 1. The second-order valence-corrected chi connectivity index (χ2v) is 10.5. The van der Waals surface area contributed by atoms with E-state index < -0.39 is 41.9 Å². The number of carbonyl (C=O) groups is 1. The number of carboxylic acid groups (broad SMARTS) is 1. The monoisotopic (exact) mass is 547 g/mol. The number of thioether (sulfide) groups is 1. The summed E-state index contributed by atoms with van der Waals surface area (Å²) in [6.45, 7) is 1.59. The number of halogens is 3. The molecule has 3 unspecified atom stereocenters. The number of allylic oxidation sites excluding steroid dienone is 3. The minimum atomic E-state index is -4.40. The standard InChI is InChI=1S/C27H28F3N3O4S/c1-3-18-15-21(11-12-22(18)36-16-23(34)35)38-17-25(13-5-4-6-14-25)27-31-33(24(37-27)32(27)2)20-9-7-19(8-10-20)26(28,29)30/h4-13,15,24,31H,3,14,16-17H2,1-2H3,(H,34,35). The van der Waals surface area contributed by atoms with Gasteiger partial charge >= 0.3 is 12.1 Å². The molecule has 3 atom stereocenters. The molecule has 0 saturated carbocycles. The van der Waals surface area contributed by atoms with Gasteiger partial charge in [-0.25, -0.2) is 9.69 Å². The number of alkyl halides is 3. The summed E-state index contributed by atoms with van der Waals surface area (Å²) in [6, 6.07) is 10.8. The molecular weight excluding hydrogens is 519 g/mol. The second kappa shape index (κ2) is 9.96. The van der Waals surface area contributed by atoms with Crippen LogP contribution in [0, 0.1) is 5.41 Å². The van der Waals surface area contributed by atoms with Crippen molar-refractivity contribution >= 4 is 23.4 Å². The van der Waals surface area contributed by atoms with Crippen molar-refractivity contribution in [2.24, 2.45) is 5.41 Å². The van der Waals surface area contributed by atoms with Crippen molar-refractivity contribution in [1.29, 1.82) is 0 Å². The van der Waals surface area contributed by atoms with E-state index in [0.717, 1.165) is 22.6 Å². The van der Waals surface area contributed by atoms with Crippen LogP contribution in [0.4, 0.5) is 18.9 Å². The van der Waals surface area contributed by atoms with E-state index in [1.165, 1.54) is 12.1 Å². The lowest BCUT2D eigenvalue weighted by Gasteiger charge is -2.55. The Balaban J connectivity index is 1.36. The van der Waals surface area contributed by atoms with E-state index in [4.69, 9.17) is 14.6 Å². The molecular formula is C27H28F3N3O4S. The molecule has 2 bridgehead atoms. The molecule has 3 heterocycles. The summed E-state index contributed by atoms with van der Waals surface area (Å²) < 4.78 is 51.0. The van der Waals surface area contributed by atoms with Crippen LogP contribution in [-0.4, -0.2) is 47.6 Å². The number of nitrogens with one attached hydrogen (secondary N) is 1. The normalized spacial score (nSPS) is 26.4. The third kappa shape index (κ3) is 4.57. The fraction of sp³-hybridized carbons (Fsp3) is 0.370. The van der Waals surface area contributed by atoms with Gasteiger partial charge in [0.05, 0.1) is 16.7 Å². The largest absolute Gasteiger partial charge is 0.482 e. The van der Waals surface area contributed by atoms with Crippen LogP contribution in [0.15, 0.2) is 71.7 Å². The fourth-order valence-corrected chi connectivity index (χ4v) is 6.31. The van der Waals surface area contributed by atoms with Crippen LogP contribution >= 0.6 is 11.8 Å². The first-order chi connectivity index (χ1) is 18.1. The molecule has 38 heavy (non-hydrogen) atoms. The SMILES string of the molecule is CCc1cc(SCC2(C34NN(c5ccc(C(F)(F)F)cc5)C(O3)N4C)C=CC=CC2)ccc1OCC(=O)O. The second-order valence-electron chi connectivity index (χ2n) is 9.47. The molecule has 1 aliphatic carbocycles. The molecule has 3 aliphatic heterocycles. The summed E-state index contributed by atoms with van der Waals surface area (Å²) in [7, 11) is 1.94. The molecule has 2 aromatic carbocycles. The number of ether oxygens (including phenoxy) is 2. The van der Waals surface area contributed by atoms with Gasteiger partial charge in [0.2, 0.25) is 12.2 Å². The lowest BCUT2D eigenvalue weighted by molar-refractivity contribution is -0.341. The van der Waals surface area contributed by atoms with Gasteiger partial charge in [0.1, 0.15) is 5.75 Å².